The second kappa shape index (κ2) is 8.88. The van der Waals surface area contributed by atoms with Gasteiger partial charge in [-0.25, -0.2) is 0 Å². The number of piperazine rings is 1. The van der Waals surface area contributed by atoms with E-state index in [0.717, 1.165) is 31.5 Å². The molecule has 2 aliphatic heterocycles. The monoisotopic (exact) mass is 411 g/mol. The van der Waals surface area contributed by atoms with Gasteiger partial charge < -0.3 is 9.80 Å². The predicted octanol–water partition coefficient (Wildman–Crippen LogP) is 2.43. The molecule has 3 aliphatic rings. The highest BCUT2D eigenvalue weighted by Gasteiger charge is 2.54. The van der Waals surface area contributed by atoms with E-state index in [2.05, 4.69) is 11.9 Å². The molecule has 3 amide bonds. The van der Waals surface area contributed by atoms with Crippen LogP contribution in [0, 0.1) is 5.92 Å². The first-order chi connectivity index (χ1) is 14.5. The Morgan fingerprint density at radius 2 is 1.67 bits per heavy atom. The molecule has 4 rings (SSSR count). The Labute approximate surface area is 179 Å². The van der Waals surface area contributed by atoms with E-state index in [1.54, 1.807) is 0 Å². The average molecular weight is 412 g/mol. The number of carbonyl (C=O) groups excluding carboxylic acids is 3. The molecule has 1 aromatic rings. The molecule has 0 N–H and O–H groups in total. The SMILES string of the molecule is CN1CCN(C(=O)C[C@]2(c3ccccc3)CC(=O)N(CC3CCCCC3)C2=O)CC1. The smallest absolute Gasteiger partial charge is 0.240 e. The number of carbonyl (C=O) groups is 3. The van der Waals surface area contributed by atoms with Gasteiger partial charge in [-0.1, -0.05) is 49.6 Å². The summed E-state index contributed by atoms with van der Waals surface area (Å²) in [4.78, 5) is 45.5. The Bertz CT molecular complexity index is 782. The summed E-state index contributed by atoms with van der Waals surface area (Å²) in [6.45, 7) is 3.53. The highest BCUT2D eigenvalue weighted by molar-refractivity contribution is 6.10. The van der Waals surface area contributed by atoms with Crippen molar-refractivity contribution in [3.8, 4) is 0 Å². The minimum absolute atomic E-state index is 0.0207. The van der Waals surface area contributed by atoms with Crippen molar-refractivity contribution in [3.05, 3.63) is 35.9 Å². The molecule has 2 saturated heterocycles. The lowest BCUT2D eigenvalue weighted by molar-refractivity contribution is -0.143. The van der Waals surface area contributed by atoms with Crippen molar-refractivity contribution in [2.75, 3.05) is 39.8 Å². The lowest BCUT2D eigenvalue weighted by Gasteiger charge is -2.35. The number of hydrogen-bond donors (Lipinski definition) is 0. The van der Waals surface area contributed by atoms with Crippen molar-refractivity contribution >= 4 is 17.7 Å². The normalized spacial score (nSPS) is 26.4. The zero-order valence-corrected chi connectivity index (χ0v) is 18.0. The quantitative estimate of drug-likeness (QED) is 0.699. The molecule has 0 unspecified atom stereocenters. The standard InChI is InChI=1S/C24H33N3O3/c1-25-12-14-26(15-13-25)21(28)16-24(20-10-6-3-7-11-20)17-22(29)27(23(24)30)18-19-8-4-2-5-9-19/h3,6-7,10-11,19H,2,4-5,8-9,12-18H2,1H3/t24-/m1/s1. The average Bonchev–Trinajstić information content (AvgIpc) is 3.00. The molecular weight excluding hydrogens is 378 g/mol. The van der Waals surface area contributed by atoms with Crippen LogP contribution in [0.5, 0.6) is 0 Å². The van der Waals surface area contributed by atoms with Crippen molar-refractivity contribution < 1.29 is 14.4 Å². The summed E-state index contributed by atoms with van der Waals surface area (Å²) in [7, 11) is 2.05. The molecule has 6 heteroatoms. The molecule has 0 spiro atoms. The second-order valence-electron chi connectivity index (χ2n) is 9.30. The largest absolute Gasteiger partial charge is 0.340 e. The first-order valence-corrected chi connectivity index (χ1v) is 11.4. The minimum Gasteiger partial charge on any atom is -0.340 e. The van der Waals surface area contributed by atoms with Crippen LogP contribution in [0.2, 0.25) is 0 Å². The van der Waals surface area contributed by atoms with Crippen LogP contribution in [0.25, 0.3) is 0 Å². The fraction of sp³-hybridized carbons (Fsp3) is 0.625. The zero-order chi connectivity index (χ0) is 21.1. The highest BCUT2D eigenvalue weighted by atomic mass is 16.2. The van der Waals surface area contributed by atoms with Gasteiger partial charge in [0.05, 0.1) is 5.41 Å². The number of rotatable bonds is 5. The van der Waals surface area contributed by atoms with E-state index >= 15 is 0 Å². The van der Waals surface area contributed by atoms with Crippen LogP contribution in [0.15, 0.2) is 30.3 Å². The molecular formula is C24H33N3O3. The lowest BCUT2D eigenvalue weighted by Crippen LogP contribution is -2.50. The van der Waals surface area contributed by atoms with Crippen LogP contribution in [0.4, 0.5) is 0 Å². The van der Waals surface area contributed by atoms with Gasteiger partial charge in [0.2, 0.25) is 17.7 Å². The number of likely N-dealkylation sites (N-methyl/N-ethyl adjacent to an activating group) is 1. The number of likely N-dealkylation sites (tertiary alicyclic amines) is 1. The number of nitrogens with zero attached hydrogens (tertiary/aromatic N) is 3. The van der Waals surface area contributed by atoms with Gasteiger partial charge in [0.1, 0.15) is 0 Å². The first kappa shape index (κ1) is 21.0. The van der Waals surface area contributed by atoms with Gasteiger partial charge in [0, 0.05) is 45.6 Å². The Morgan fingerprint density at radius 3 is 2.33 bits per heavy atom. The number of hydrogen-bond acceptors (Lipinski definition) is 4. The van der Waals surface area contributed by atoms with Crippen LogP contribution in [-0.2, 0) is 19.8 Å². The topological polar surface area (TPSA) is 60.9 Å². The predicted molar refractivity (Wildman–Crippen MR) is 115 cm³/mol. The molecule has 0 aromatic heterocycles. The van der Waals surface area contributed by atoms with E-state index < -0.39 is 5.41 Å². The van der Waals surface area contributed by atoms with Crippen LogP contribution < -0.4 is 0 Å². The maximum Gasteiger partial charge on any atom is 0.240 e. The summed E-state index contributed by atoms with van der Waals surface area (Å²) in [5.74, 6) is 0.0755. The van der Waals surface area contributed by atoms with Gasteiger partial charge in [-0.2, -0.15) is 0 Å². The van der Waals surface area contributed by atoms with Crippen molar-refractivity contribution in [2.45, 2.75) is 50.4 Å². The van der Waals surface area contributed by atoms with Crippen molar-refractivity contribution in [1.29, 1.82) is 0 Å². The van der Waals surface area contributed by atoms with Gasteiger partial charge in [0.25, 0.3) is 0 Å². The van der Waals surface area contributed by atoms with Crippen molar-refractivity contribution in [3.63, 3.8) is 0 Å². The Balaban J connectivity index is 1.57. The number of benzene rings is 1. The van der Waals surface area contributed by atoms with E-state index in [-0.39, 0.29) is 30.6 Å². The van der Waals surface area contributed by atoms with Crippen LogP contribution >= 0.6 is 0 Å². The molecule has 6 nitrogen and oxygen atoms in total. The summed E-state index contributed by atoms with van der Waals surface area (Å²) in [5.41, 5.74) is -0.273. The van der Waals surface area contributed by atoms with Crippen molar-refractivity contribution in [1.82, 2.24) is 14.7 Å². The number of imide groups is 1. The van der Waals surface area contributed by atoms with E-state index in [1.165, 1.54) is 24.2 Å². The Morgan fingerprint density at radius 1 is 1.00 bits per heavy atom. The maximum absolute atomic E-state index is 13.7. The van der Waals surface area contributed by atoms with E-state index in [4.69, 9.17) is 0 Å². The zero-order valence-electron chi connectivity index (χ0n) is 18.0. The van der Waals surface area contributed by atoms with E-state index in [9.17, 15) is 14.4 Å². The van der Waals surface area contributed by atoms with E-state index in [0.29, 0.717) is 25.6 Å². The van der Waals surface area contributed by atoms with Crippen molar-refractivity contribution in [2.24, 2.45) is 5.92 Å². The molecule has 1 aromatic carbocycles. The fourth-order valence-electron chi connectivity index (χ4n) is 5.26. The third kappa shape index (κ3) is 4.15. The van der Waals surface area contributed by atoms with Crippen LogP contribution in [0.3, 0.4) is 0 Å². The molecule has 3 fully saturated rings. The van der Waals surface area contributed by atoms with E-state index in [1.807, 2.05) is 35.2 Å². The van der Waals surface area contributed by atoms with Crippen LogP contribution in [0.1, 0.15) is 50.5 Å². The molecule has 30 heavy (non-hydrogen) atoms. The summed E-state index contributed by atoms with van der Waals surface area (Å²) in [6.07, 6.45) is 5.92. The molecule has 0 radical (unpaired) electrons. The molecule has 1 atom stereocenters. The summed E-state index contributed by atoms with van der Waals surface area (Å²) < 4.78 is 0. The van der Waals surface area contributed by atoms with Gasteiger partial charge in [-0.3, -0.25) is 19.3 Å². The lowest BCUT2D eigenvalue weighted by atomic mass is 9.75. The van der Waals surface area contributed by atoms with Crippen LogP contribution in [-0.4, -0.2) is 72.2 Å². The Hall–Kier alpha value is -2.21. The fourth-order valence-corrected chi connectivity index (χ4v) is 5.26. The first-order valence-electron chi connectivity index (χ1n) is 11.4. The van der Waals surface area contributed by atoms with Gasteiger partial charge in [-0.05, 0) is 31.4 Å². The third-order valence-corrected chi connectivity index (χ3v) is 7.21. The van der Waals surface area contributed by atoms with Gasteiger partial charge >= 0.3 is 0 Å². The summed E-state index contributed by atoms with van der Waals surface area (Å²) in [5, 5.41) is 0. The van der Waals surface area contributed by atoms with Gasteiger partial charge in [-0.15, -0.1) is 0 Å². The highest BCUT2D eigenvalue weighted by Crippen LogP contribution is 2.41. The summed E-state index contributed by atoms with van der Waals surface area (Å²) in [6, 6.07) is 9.47. The Kier molecular flexibility index (Phi) is 6.23. The molecule has 2 heterocycles. The minimum atomic E-state index is -1.06. The number of amides is 3. The molecule has 0 bridgehead atoms. The summed E-state index contributed by atoms with van der Waals surface area (Å²) >= 11 is 0. The van der Waals surface area contributed by atoms with Gasteiger partial charge in [0.15, 0.2) is 0 Å². The molecule has 162 valence electrons. The maximum atomic E-state index is 13.7. The molecule has 1 aliphatic carbocycles. The third-order valence-electron chi connectivity index (χ3n) is 7.21. The molecule has 1 saturated carbocycles. The second-order valence-corrected chi connectivity index (χ2v) is 9.30.